The summed E-state index contributed by atoms with van der Waals surface area (Å²) in [6, 6.07) is 9.88. The number of aliphatic hydroxyl groups is 1. The molecule has 1 aromatic carbocycles. The fourth-order valence-corrected chi connectivity index (χ4v) is 1.43. The van der Waals surface area contributed by atoms with E-state index in [0.717, 1.165) is 18.4 Å². The summed E-state index contributed by atoms with van der Waals surface area (Å²) in [7, 11) is 0. The van der Waals surface area contributed by atoms with Gasteiger partial charge in [0.15, 0.2) is 0 Å². The standard InChI is InChI=1S/C12H18O/c1-2-3-5-10-12(13)11-8-6-4-7-9-11/h4,6-9,12-13H,2-3,5,10H2,1H3/t12-/m0/s1. The van der Waals surface area contributed by atoms with Crippen molar-refractivity contribution in [3.63, 3.8) is 0 Å². The molecule has 72 valence electrons. The maximum Gasteiger partial charge on any atom is 0.0790 e. The van der Waals surface area contributed by atoms with Crippen molar-refractivity contribution < 1.29 is 5.11 Å². The minimum Gasteiger partial charge on any atom is -0.388 e. The zero-order valence-electron chi connectivity index (χ0n) is 8.24. The Morgan fingerprint density at radius 1 is 1.15 bits per heavy atom. The van der Waals surface area contributed by atoms with Gasteiger partial charge >= 0.3 is 0 Å². The SMILES string of the molecule is CCCCC[C@H](O)c1ccccc1. The summed E-state index contributed by atoms with van der Waals surface area (Å²) < 4.78 is 0. The van der Waals surface area contributed by atoms with Gasteiger partial charge in [-0.15, -0.1) is 0 Å². The van der Waals surface area contributed by atoms with E-state index < -0.39 is 0 Å². The highest BCUT2D eigenvalue weighted by atomic mass is 16.3. The highest BCUT2D eigenvalue weighted by molar-refractivity contribution is 5.16. The molecular weight excluding hydrogens is 160 g/mol. The molecule has 1 rings (SSSR count). The van der Waals surface area contributed by atoms with E-state index in [1.165, 1.54) is 12.8 Å². The van der Waals surface area contributed by atoms with Crippen LogP contribution in [0.25, 0.3) is 0 Å². The van der Waals surface area contributed by atoms with Crippen LogP contribution in [-0.2, 0) is 0 Å². The van der Waals surface area contributed by atoms with Gasteiger partial charge in [-0.3, -0.25) is 0 Å². The van der Waals surface area contributed by atoms with Crippen LogP contribution in [0.2, 0.25) is 0 Å². The lowest BCUT2D eigenvalue weighted by molar-refractivity contribution is 0.163. The van der Waals surface area contributed by atoms with Crippen molar-refractivity contribution in [3.8, 4) is 0 Å². The monoisotopic (exact) mass is 178 g/mol. The maximum absolute atomic E-state index is 9.75. The molecule has 0 radical (unpaired) electrons. The Labute approximate surface area is 80.4 Å². The lowest BCUT2D eigenvalue weighted by Crippen LogP contribution is -1.96. The van der Waals surface area contributed by atoms with Crippen molar-refractivity contribution >= 4 is 0 Å². The first-order chi connectivity index (χ1) is 6.34. The van der Waals surface area contributed by atoms with Gasteiger partial charge in [0.25, 0.3) is 0 Å². The summed E-state index contributed by atoms with van der Waals surface area (Å²) in [5, 5.41) is 9.75. The Kier molecular flexibility index (Phi) is 4.55. The Morgan fingerprint density at radius 3 is 2.46 bits per heavy atom. The van der Waals surface area contributed by atoms with Crippen LogP contribution >= 0.6 is 0 Å². The second-order valence-electron chi connectivity index (χ2n) is 3.42. The fraction of sp³-hybridized carbons (Fsp3) is 0.500. The summed E-state index contributed by atoms with van der Waals surface area (Å²) in [5.74, 6) is 0. The van der Waals surface area contributed by atoms with Gasteiger partial charge in [0.05, 0.1) is 6.10 Å². The average Bonchev–Trinajstić information content (AvgIpc) is 2.19. The zero-order chi connectivity index (χ0) is 9.52. The van der Waals surface area contributed by atoms with Crippen LogP contribution in [0.1, 0.15) is 44.3 Å². The highest BCUT2D eigenvalue weighted by Crippen LogP contribution is 2.18. The number of rotatable bonds is 5. The largest absolute Gasteiger partial charge is 0.388 e. The Balaban J connectivity index is 2.35. The number of unbranched alkanes of at least 4 members (excludes halogenated alkanes) is 2. The normalized spacial score (nSPS) is 12.8. The predicted octanol–water partition coefficient (Wildman–Crippen LogP) is 3.30. The van der Waals surface area contributed by atoms with Crippen LogP contribution in [0.15, 0.2) is 30.3 Å². The molecule has 1 heteroatoms. The lowest BCUT2D eigenvalue weighted by atomic mass is 10.0. The average molecular weight is 178 g/mol. The van der Waals surface area contributed by atoms with E-state index in [-0.39, 0.29) is 6.10 Å². The zero-order valence-corrected chi connectivity index (χ0v) is 8.24. The third kappa shape index (κ3) is 3.60. The summed E-state index contributed by atoms with van der Waals surface area (Å²) in [4.78, 5) is 0. The minimum atomic E-state index is -0.271. The van der Waals surface area contributed by atoms with Gasteiger partial charge < -0.3 is 5.11 Å². The molecule has 1 aromatic rings. The van der Waals surface area contributed by atoms with Crippen molar-refractivity contribution in [1.29, 1.82) is 0 Å². The lowest BCUT2D eigenvalue weighted by Gasteiger charge is -2.09. The quantitative estimate of drug-likeness (QED) is 0.686. The molecule has 0 aliphatic heterocycles. The molecule has 0 fully saturated rings. The van der Waals surface area contributed by atoms with Crippen molar-refractivity contribution in [2.24, 2.45) is 0 Å². The highest BCUT2D eigenvalue weighted by Gasteiger charge is 2.04. The molecule has 0 spiro atoms. The van der Waals surface area contributed by atoms with E-state index in [9.17, 15) is 5.11 Å². The van der Waals surface area contributed by atoms with Crippen LogP contribution in [0.5, 0.6) is 0 Å². The number of hydrogen-bond acceptors (Lipinski definition) is 1. The Bertz CT molecular complexity index is 218. The first-order valence-electron chi connectivity index (χ1n) is 5.07. The topological polar surface area (TPSA) is 20.2 Å². The van der Waals surface area contributed by atoms with Crippen LogP contribution in [0.3, 0.4) is 0 Å². The third-order valence-electron chi connectivity index (χ3n) is 2.27. The molecule has 0 bridgehead atoms. The number of benzene rings is 1. The third-order valence-corrected chi connectivity index (χ3v) is 2.27. The van der Waals surface area contributed by atoms with Crippen LogP contribution in [-0.4, -0.2) is 5.11 Å². The van der Waals surface area contributed by atoms with Gasteiger partial charge in [0.1, 0.15) is 0 Å². The molecule has 0 aliphatic carbocycles. The molecule has 1 nitrogen and oxygen atoms in total. The molecule has 0 aliphatic rings. The summed E-state index contributed by atoms with van der Waals surface area (Å²) in [5.41, 5.74) is 1.04. The smallest absolute Gasteiger partial charge is 0.0790 e. The Hall–Kier alpha value is -0.820. The van der Waals surface area contributed by atoms with E-state index in [2.05, 4.69) is 6.92 Å². The van der Waals surface area contributed by atoms with Crippen LogP contribution in [0, 0.1) is 0 Å². The second kappa shape index (κ2) is 5.76. The number of aliphatic hydroxyl groups excluding tert-OH is 1. The fourth-order valence-electron chi connectivity index (χ4n) is 1.43. The first kappa shape index (κ1) is 10.3. The second-order valence-corrected chi connectivity index (χ2v) is 3.42. The van der Waals surface area contributed by atoms with E-state index >= 15 is 0 Å². The van der Waals surface area contributed by atoms with Gasteiger partial charge in [0, 0.05) is 0 Å². The van der Waals surface area contributed by atoms with Gasteiger partial charge in [0.2, 0.25) is 0 Å². The van der Waals surface area contributed by atoms with E-state index in [4.69, 9.17) is 0 Å². The molecule has 0 unspecified atom stereocenters. The van der Waals surface area contributed by atoms with Gasteiger partial charge in [-0.05, 0) is 12.0 Å². The first-order valence-corrected chi connectivity index (χ1v) is 5.07. The van der Waals surface area contributed by atoms with E-state index in [0.29, 0.717) is 0 Å². The summed E-state index contributed by atoms with van der Waals surface area (Å²) in [6.07, 6.45) is 4.16. The molecular formula is C12H18O. The number of hydrogen-bond donors (Lipinski definition) is 1. The van der Waals surface area contributed by atoms with Crippen molar-refractivity contribution in [2.75, 3.05) is 0 Å². The molecule has 0 heterocycles. The van der Waals surface area contributed by atoms with Crippen LogP contribution in [0.4, 0.5) is 0 Å². The van der Waals surface area contributed by atoms with Gasteiger partial charge in [-0.25, -0.2) is 0 Å². The summed E-state index contributed by atoms with van der Waals surface area (Å²) >= 11 is 0. The molecule has 13 heavy (non-hydrogen) atoms. The predicted molar refractivity (Wildman–Crippen MR) is 55.5 cm³/mol. The summed E-state index contributed by atoms with van der Waals surface area (Å²) in [6.45, 7) is 2.18. The van der Waals surface area contributed by atoms with E-state index in [1.807, 2.05) is 30.3 Å². The maximum atomic E-state index is 9.75. The van der Waals surface area contributed by atoms with Gasteiger partial charge in [-0.1, -0.05) is 56.5 Å². The molecule has 0 amide bonds. The minimum absolute atomic E-state index is 0.271. The van der Waals surface area contributed by atoms with Gasteiger partial charge in [-0.2, -0.15) is 0 Å². The van der Waals surface area contributed by atoms with Crippen LogP contribution < -0.4 is 0 Å². The van der Waals surface area contributed by atoms with Crippen molar-refractivity contribution in [1.82, 2.24) is 0 Å². The molecule has 1 atom stereocenters. The van der Waals surface area contributed by atoms with E-state index in [1.54, 1.807) is 0 Å². The molecule has 0 aromatic heterocycles. The Morgan fingerprint density at radius 2 is 1.85 bits per heavy atom. The molecule has 0 saturated heterocycles. The van der Waals surface area contributed by atoms with Crippen molar-refractivity contribution in [3.05, 3.63) is 35.9 Å². The molecule has 0 saturated carbocycles. The molecule has 1 N–H and O–H groups in total. The van der Waals surface area contributed by atoms with Crippen molar-refractivity contribution in [2.45, 2.75) is 38.7 Å².